The highest BCUT2D eigenvalue weighted by atomic mass is 32.2. The molecule has 0 saturated heterocycles. The Morgan fingerprint density at radius 3 is 1.81 bits per heavy atom. The minimum Gasteiger partial charge on any atom is -0.412 e. The van der Waals surface area contributed by atoms with Crippen LogP contribution in [-0.2, 0) is 20.4 Å². The monoisotopic (exact) mass is 299 g/mol. The lowest BCUT2D eigenvalue weighted by Gasteiger charge is -2.15. The van der Waals surface area contributed by atoms with Crippen LogP contribution in [0, 0.1) is 0 Å². The van der Waals surface area contributed by atoms with Crippen LogP contribution in [0.5, 0.6) is 0 Å². The van der Waals surface area contributed by atoms with E-state index < -0.39 is 0 Å². The molecule has 0 spiro atoms. The molecule has 1 unspecified atom stereocenters. The molecule has 21 heavy (non-hydrogen) atoms. The number of carbonyl (C=O) groups excluding carboxylic acids is 1. The summed E-state index contributed by atoms with van der Waals surface area (Å²) in [7, 11) is -0.317. The minimum atomic E-state index is -0.341. The fourth-order valence-corrected chi connectivity index (χ4v) is 4.08. The van der Waals surface area contributed by atoms with Crippen molar-refractivity contribution >= 4 is 16.9 Å². The second-order valence-electron chi connectivity index (χ2n) is 4.72. The third kappa shape index (κ3) is 3.99. The maximum absolute atomic E-state index is 11.8. The summed E-state index contributed by atoms with van der Waals surface area (Å²) < 4.78 is 5.56. The number of hydrogen-bond acceptors (Lipinski definition) is 2. The van der Waals surface area contributed by atoms with E-state index in [9.17, 15) is 4.79 Å². The van der Waals surface area contributed by atoms with Crippen molar-refractivity contribution in [1.82, 2.24) is 0 Å². The molecular weight excluding hydrogens is 280 g/mol. The molecule has 0 aliphatic carbocycles. The fourth-order valence-electron chi connectivity index (χ4n) is 1.95. The van der Waals surface area contributed by atoms with Crippen molar-refractivity contribution in [3.05, 3.63) is 72.8 Å². The van der Waals surface area contributed by atoms with Crippen LogP contribution in [0.1, 0.15) is 13.8 Å². The van der Waals surface area contributed by atoms with Gasteiger partial charge in [0.1, 0.15) is 10.9 Å². The number of hydrogen-bond donors (Lipinski definition) is 0. The van der Waals surface area contributed by atoms with Crippen molar-refractivity contribution in [1.29, 1.82) is 0 Å². The molecule has 108 valence electrons. The van der Waals surface area contributed by atoms with Gasteiger partial charge in [-0.2, -0.15) is 0 Å². The summed E-state index contributed by atoms with van der Waals surface area (Å²) in [4.78, 5) is 14.1. The SMILES string of the molecule is C=C(C)C(=O)OC(C)[S+](c1ccccc1)c1ccccc1. The summed E-state index contributed by atoms with van der Waals surface area (Å²) in [6, 6.07) is 20.3. The number of benzene rings is 2. The molecule has 0 aliphatic rings. The second-order valence-corrected chi connectivity index (χ2v) is 7.00. The zero-order chi connectivity index (χ0) is 15.2. The smallest absolute Gasteiger partial charge is 0.337 e. The molecule has 0 saturated carbocycles. The van der Waals surface area contributed by atoms with Gasteiger partial charge in [0, 0.05) is 12.5 Å². The van der Waals surface area contributed by atoms with Gasteiger partial charge in [0.25, 0.3) is 5.44 Å². The van der Waals surface area contributed by atoms with Crippen LogP contribution < -0.4 is 0 Å². The van der Waals surface area contributed by atoms with Crippen molar-refractivity contribution in [2.45, 2.75) is 29.1 Å². The van der Waals surface area contributed by atoms with Crippen LogP contribution in [0.15, 0.2) is 82.6 Å². The van der Waals surface area contributed by atoms with Crippen molar-refractivity contribution in [2.24, 2.45) is 0 Å². The van der Waals surface area contributed by atoms with E-state index in [0.29, 0.717) is 5.57 Å². The number of rotatable bonds is 5. The highest BCUT2D eigenvalue weighted by Gasteiger charge is 2.34. The number of ether oxygens (including phenoxy) is 1. The van der Waals surface area contributed by atoms with Crippen LogP contribution in [-0.4, -0.2) is 11.4 Å². The van der Waals surface area contributed by atoms with Gasteiger partial charge in [-0.1, -0.05) is 43.0 Å². The Morgan fingerprint density at radius 1 is 1.00 bits per heavy atom. The van der Waals surface area contributed by atoms with Crippen molar-refractivity contribution in [2.75, 3.05) is 0 Å². The summed E-state index contributed by atoms with van der Waals surface area (Å²) >= 11 is 0. The van der Waals surface area contributed by atoms with Gasteiger partial charge in [0.2, 0.25) is 0 Å². The summed E-state index contributed by atoms with van der Waals surface area (Å²) in [5.74, 6) is -0.341. The van der Waals surface area contributed by atoms with E-state index in [1.807, 2.05) is 43.3 Å². The Balaban J connectivity index is 2.33. The Morgan fingerprint density at radius 2 is 1.43 bits per heavy atom. The lowest BCUT2D eigenvalue weighted by Crippen LogP contribution is -2.25. The van der Waals surface area contributed by atoms with Gasteiger partial charge in [-0.3, -0.25) is 0 Å². The predicted molar refractivity (Wildman–Crippen MR) is 87.1 cm³/mol. The van der Waals surface area contributed by atoms with Gasteiger partial charge in [0.05, 0.1) is 0 Å². The molecule has 0 aromatic heterocycles. The minimum absolute atomic E-state index is 0.237. The highest BCUT2D eigenvalue weighted by Crippen LogP contribution is 2.28. The molecule has 0 heterocycles. The zero-order valence-corrected chi connectivity index (χ0v) is 13.1. The zero-order valence-electron chi connectivity index (χ0n) is 12.3. The first kappa shape index (κ1) is 15.4. The molecular formula is C18H19O2S+. The molecule has 2 aromatic carbocycles. The average Bonchev–Trinajstić information content (AvgIpc) is 2.49. The van der Waals surface area contributed by atoms with Crippen molar-refractivity contribution in [3.8, 4) is 0 Å². The molecule has 0 fully saturated rings. The average molecular weight is 299 g/mol. The molecule has 0 bridgehead atoms. The second kappa shape index (κ2) is 7.14. The lowest BCUT2D eigenvalue weighted by molar-refractivity contribution is -0.139. The molecule has 2 rings (SSSR count). The maximum atomic E-state index is 11.8. The molecule has 3 heteroatoms. The quantitative estimate of drug-likeness (QED) is 0.470. The molecule has 1 atom stereocenters. The third-order valence-electron chi connectivity index (χ3n) is 2.95. The Hall–Kier alpha value is -2.00. The number of carbonyl (C=O) groups is 1. The normalized spacial score (nSPS) is 12.0. The van der Waals surface area contributed by atoms with Crippen molar-refractivity contribution < 1.29 is 9.53 Å². The summed E-state index contributed by atoms with van der Waals surface area (Å²) in [6.45, 7) is 7.24. The first-order chi connectivity index (χ1) is 10.1. The largest absolute Gasteiger partial charge is 0.412 e. The molecule has 2 aromatic rings. The predicted octanol–water partition coefficient (Wildman–Crippen LogP) is 4.19. The van der Waals surface area contributed by atoms with E-state index in [1.165, 1.54) is 0 Å². The van der Waals surface area contributed by atoms with E-state index in [-0.39, 0.29) is 22.3 Å². The van der Waals surface area contributed by atoms with E-state index in [4.69, 9.17) is 4.74 Å². The molecule has 0 N–H and O–H groups in total. The standard InChI is InChI=1S/C18H19O2S/c1-14(2)18(19)20-15(3)21(16-10-6-4-7-11-16)17-12-8-5-9-13-17/h4-13,15H,1H2,2-3H3/q+1. The topological polar surface area (TPSA) is 26.3 Å². The van der Waals surface area contributed by atoms with Crippen LogP contribution in [0.4, 0.5) is 0 Å². The Kier molecular flexibility index (Phi) is 5.23. The van der Waals surface area contributed by atoms with Crippen LogP contribution in [0.3, 0.4) is 0 Å². The molecule has 2 nitrogen and oxygen atoms in total. The first-order valence-electron chi connectivity index (χ1n) is 6.79. The van der Waals surface area contributed by atoms with E-state index in [2.05, 4.69) is 30.8 Å². The fraction of sp³-hybridized carbons (Fsp3) is 0.167. The lowest BCUT2D eigenvalue weighted by atomic mass is 10.4. The van der Waals surface area contributed by atoms with Gasteiger partial charge < -0.3 is 4.74 Å². The van der Waals surface area contributed by atoms with Gasteiger partial charge in [-0.25, -0.2) is 4.79 Å². The van der Waals surface area contributed by atoms with Gasteiger partial charge in [0.15, 0.2) is 9.79 Å². The van der Waals surface area contributed by atoms with E-state index >= 15 is 0 Å². The molecule has 0 aliphatic heterocycles. The summed E-state index contributed by atoms with van der Waals surface area (Å²) in [5, 5.41) is 0. The first-order valence-corrected chi connectivity index (χ1v) is 8.08. The van der Waals surface area contributed by atoms with E-state index in [0.717, 1.165) is 9.79 Å². The van der Waals surface area contributed by atoms with Crippen LogP contribution in [0.2, 0.25) is 0 Å². The van der Waals surface area contributed by atoms with Gasteiger partial charge in [-0.15, -0.1) is 0 Å². The highest BCUT2D eigenvalue weighted by molar-refractivity contribution is 7.97. The van der Waals surface area contributed by atoms with Crippen LogP contribution in [0.25, 0.3) is 0 Å². The summed E-state index contributed by atoms with van der Waals surface area (Å²) in [6.07, 6.45) is 0. The van der Waals surface area contributed by atoms with Gasteiger partial charge in [-0.05, 0) is 31.2 Å². The molecule has 0 radical (unpaired) electrons. The Labute approximate surface area is 128 Å². The van der Waals surface area contributed by atoms with E-state index in [1.54, 1.807) is 6.92 Å². The maximum Gasteiger partial charge on any atom is 0.337 e. The number of esters is 1. The Bertz CT molecular complexity index is 568. The third-order valence-corrected chi connectivity index (χ3v) is 5.27. The summed E-state index contributed by atoms with van der Waals surface area (Å²) in [5.41, 5.74) is 0.186. The van der Waals surface area contributed by atoms with Crippen molar-refractivity contribution in [3.63, 3.8) is 0 Å². The van der Waals surface area contributed by atoms with Gasteiger partial charge >= 0.3 is 5.97 Å². The molecule has 0 amide bonds. The van der Waals surface area contributed by atoms with Crippen LogP contribution >= 0.6 is 0 Å².